The molecule has 0 aromatic heterocycles. The molecular formula is C26H32N2O5S. The first-order valence-electron chi connectivity index (χ1n) is 11.7. The molecular weight excluding hydrogens is 452 g/mol. The van der Waals surface area contributed by atoms with E-state index >= 15 is 0 Å². The highest BCUT2D eigenvalue weighted by molar-refractivity contribution is 7.89. The molecule has 0 unspecified atom stereocenters. The number of ether oxygens (including phenoxy) is 1. The number of fused-ring (bicyclic) bond motifs is 3. The van der Waals surface area contributed by atoms with Crippen LogP contribution < -0.4 is 4.90 Å². The Morgan fingerprint density at radius 2 is 1.74 bits per heavy atom. The smallest absolute Gasteiger partial charge is 0.243 e. The van der Waals surface area contributed by atoms with Crippen LogP contribution in [0.5, 0.6) is 0 Å². The fourth-order valence-electron chi connectivity index (χ4n) is 5.88. The van der Waals surface area contributed by atoms with E-state index in [4.69, 9.17) is 4.74 Å². The molecule has 5 rings (SSSR count). The third kappa shape index (κ3) is 3.05. The molecule has 0 amide bonds. The number of hydrogen-bond acceptors (Lipinski definition) is 6. The molecule has 2 aromatic carbocycles. The van der Waals surface area contributed by atoms with Gasteiger partial charge in [0.1, 0.15) is 0 Å². The summed E-state index contributed by atoms with van der Waals surface area (Å²) < 4.78 is 35.2. The summed E-state index contributed by atoms with van der Waals surface area (Å²) in [5.74, 6) is -2.44. The first-order chi connectivity index (χ1) is 15.8. The lowest BCUT2D eigenvalue weighted by atomic mass is 9.72. The minimum atomic E-state index is -3.89. The van der Waals surface area contributed by atoms with Gasteiger partial charge < -0.3 is 14.7 Å². The average Bonchev–Trinajstić information content (AvgIpc) is 3.17. The number of carbonyl (C=O) groups excluding carboxylic acids is 1. The van der Waals surface area contributed by atoms with E-state index in [0.717, 1.165) is 16.8 Å². The molecule has 2 aromatic rings. The third-order valence-electron chi connectivity index (χ3n) is 7.80. The van der Waals surface area contributed by atoms with Gasteiger partial charge in [-0.2, -0.15) is 4.31 Å². The molecule has 182 valence electrons. The predicted molar refractivity (Wildman–Crippen MR) is 129 cm³/mol. The number of rotatable bonds is 3. The number of aliphatic hydroxyl groups is 1. The topological polar surface area (TPSA) is 87.2 Å². The van der Waals surface area contributed by atoms with Crippen molar-refractivity contribution in [2.75, 3.05) is 24.5 Å². The molecule has 0 saturated carbocycles. The number of para-hydroxylation sites is 1. The van der Waals surface area contributed by atoms with Crippen LogP contribution in [0, 0.1) is 12.3 Å². The molecule has 4 atom stereocenters. The summed E-state index contributed by atoms with van der Waals surface area (Å²) in [7, 11) is -3.89. The summed E-state index contributed by atoms with van der Waals surface area (Å²) in [6.07, 6.45) is 0. The van der Waals surface area contributed by atoms with Gasteiger partial charge in [0.05, 0.1) is 23.4 Å². The Morgan fingerprint density at radius 3 is 2.35 bits per heavy atom. The van der Waals surface area contributed by atoms with Crippen molar-refractivity contribution in [3.63, 3.8) is 0 Å². The number of Topliss-reactive ketones (excluding diaryl/α,β-unsaturated/α-hetero) is 1. The van der Waals surface area contributed by atoms with E-state index in [-0.39, 0.29) is 23.8 Å². The van der Waals surface area contributed by atoms with Crippen molar-refractivity contribution in [2.24, 2.45) is 5.41 Å². The van der Waals surface area contributed by atoms with Gasteiger partial charge in [0.15, 0.2) is 17.2 Å². The van der Waals surface area contributed by atoms with E-state index in [1.165, 1.54) is 11.2 Å². The highest BCUT2D eigenvalue weighted by Gasteiger charge is 2.73. The molecule has 0 aliphatic carbocycles. The zero-order valence-electron chi connectivity index (χ0n) is 20.3. The maximum absolute atomic E-state index is 13.7. The highest BCUT2D eigenvalue weighted by Crippen LogP contribution is 2.62. The number of ketones is 1. The molecule has 2 saturated heterocycles. The van der Waals surface area contributed by atoms with Crippen molar-refractivity contribution < 1.29 is 23.1 Å². The van der Waals surface area contributed by atoms with Gasteiger partial charge in [-0.25, -0.2) is 8.42 Å². The van der Waals surface area contributed by atoms with Crippen LogP contribution in [0.4, 0.5) is 5.69 Å². The summed E-state index contributed by atoms with van der Waals surface area (Å²) in [4.78, 5) is 15.7. The van der Waals surface area contributed by atoms with Crippen LogP contribution in [-0.4, -0.2) is 60.7 Å². The number of benzene rings is 2. The minimum Gasteiger partial charge on any atom is -0.364 e. The Morgan fingerprint density at radius 1 is 1.09 bits per heavy atom. The molecule has 8 heteroatoms. The summed E-state index contributed by atoms with van der Waals surface area (Å²) in [5.41, 5.74) is 0.576. The van der Waals surface area contributed by atoms with Gasteiger partial charge in [-0.15, -0.1) is 0 Å². The molecule has 3 heterocycles. The molecule has 3 aliphatic heterocycles. The molecule has 0 spiro atoms. The molecule has 0 bridgehead atoms. The van der Waals surface area contributed by atoms with Crippen LogP contribution in [0.15, 0.2) is 53.4 Å². The number of nitrogens with zero attached hydrogens (tertiary/aromatic N) is 2. The van der Waals surface area contributed by atoms with Crippen LogP contribution >= 0.6 is 0 Å². The van der Waals surface area contributed by atoms with Crippen LogP contribution in [0.25, 0.3) is 0 Å². The predicted octanol–water partition coefficient (Wildman–Crippen LogP) is 3.06. The second kappa shape index (κ2) is 7.37. The lowest BCUT2D eigenvalue weighted by Gasteiger charge is -2.42. The molecule has 3 aliphatic rings. The van der Waals surface area contributed by atoms with Gasteiger partial charge in [-0.1, -0.05) is 56.7 Å². The maximum atomic E-state index is 13.7. The van der Waals surface area contributed by atoms with E-state index < -0.39 is 38.8 Å². The number of hydrogen-bond donors (Lipinski definition) is 1. The molecule has 0 radical (unpaired) electrons. The first kappa shape index (κ1) is 23.5. The SMILES string of the molecule is CC(=O)[C@]12CN(S(=O)(=O)c3ccc(C)cc3)CCN3c4ccccc4[C@H]([C@H]31)[C@](O)(C(C)(C)C)O2. The minimum absolute atomic E-state index is 0.150. The average molecular weight is 485 g/mol. The monoisotopic (exact) mass is 484 g/mol. The Balaban J connectivity index is 1.69. The van der Waals surface area contributed by atoms with Gasteiger partial charge in [0.25, 0.3) is 0 Å². The highest BCUT2D eigenvalue weighted by atomic mass is 32.2. The number of aryl methyl sites for hydroxylation is 1. The zero-order chi connectivity index (χ0) is 24.7. The van der Waals surface area contributed by atoms with Gasteiger partial charge in [0, 0.05) is 24.2 Å². The molecule has 1 N–H and O–H groups in total. The van der Waals surface area contributed by atoms with Crippen LogP contribution in [0.3, 0.4) is 0 Å². The van der Waals surface area contributed by atoms with Gasteiger partial charge in [-0.05, 0) is 37.6 Å². The van der Waals surface area contributed by atoms with E-state index in [9.17, 15) is 18.3 Å². The van der Waals surface area contributed by atoms with Gasteiger partial charge in [-0.3, -0.25) is 4.79 Å². The zero-order valence-corrected chi connectivity index (χ0v) is 21.1. The van der Waals surface area contributed by atoms with Crippen LogP contribution in [0.1, 0.15) is 44.7 Å². The first-order valence-corrected chi connectivity index (χ1v) is 13.1. The van der Waals surface area contributed by atoms with E-state index in [0.29, 0.717) is 6.54 Å². The Hall–Kier alpha value is -2.26. The van der Waals surface area contributed by atoms with Crippen molar-refractivity contribution in [3.8, 4) is 0 Å². The number of carbonyl (C=O) groups is 1. The standard InChI is InChI=1S/C26H32N2O5S/c1-17-10-12-19(13-11-17)34(31,32)27-14-15-28-21-9-7-6-8-20(21)22-23(28)25(16-27,18(2)29)33-26(22,30)24(3,4)5/h6-13,22-23,30H,14-16H2,1-5H3/t22-,23+,25-,26-/m1/s1. The van der Waals surface area contributed by atoms with Crippen molar-refractivity contribution >= 4 is 21.5 Å². The van der Waals surface area contributed by atoms with Crippen molar-refractivity contribution in [3.05, 3.63) is 59.7 Å². The largest absolute Gasteiger partial charge is 0.364 e. The Labute approximate surface area is 201 Å². The summed E-state index contributed by atoms with van der Waals surface area (Å²) >= 11 is 0. The lowest BCUT2D eigenvalue weighted by Crippen LogP contribution is -2.58. The number of anilines is 1. The van der Waals surface area contributed by atoms with Crippen molar-refractivity contribution in [1.82, 2.24) is 4.31 Å². The summed E-state index contributed by atoms with van der Waals surface area (Å²) in [6, 6.07) is 14.0. The van der Waals surface area contributed by atoms with E-state index in [2.05, 4.69) is 4.90 Å². The number of sulfonamides is 1. The van der Waals surface area contributed by atoms with Crippen molar-refractivity contribution in [1.29, 1.82) is 0 Å². The second-order valence-corrected chi connectivity index (χ2v) is 12.8. The Kier molecular flexibility index (Phi) is 5.09. The van der Waals surface area contributed by atoms with Crippen LogP contribution in [0.2, 0.25) is 0 Å². The van der Waals surface area contributed by atoms with Crippen LogP contribution in [-0.2, 0) is 19.6 Å². The quantitative estimate of drug-likeness (QED) is 0.721. The fourth-order valence-corrected chi connectivity index (χ4v) is 7.34. The molecule has 2 fully saturated rings. The molecule has 7 nitrogen and oxygen atoms in total. The molecule has 34 heavy (non-hydrogen) atoms. The van der Waals surface area contributed by atoms with E-state index in [1.54, 1.807) is 24.3 Å². The lowest BCUT2D eigenvalue weighted by molar-refractivity contribution is -0.274. The van der Waals surface area contributed by atoms with Crippen molar-refractivity contribution in [2.45, 2.75) is 62.9 Å². The van der Waals surface area contributed by atoms with Gasteiger partial charge >= 0.3 is 0 Å². The van der Waals surface area contributed by atoms with E-state index in [1.807, 2.05) is 52.0 Å². The Bertz CT molecular complexity index is 1250. The maximum Gasteiger partial charge on any atom is 0.243 e. The normalized spacial score (nSPS) is 31.2. The second-order valence-electron chi connectivity index (χ2n) is 10.8. The third-order valence-corrected chi connectivity index (χ3v) is 9.66. The fraction of sp³-hybridized carbons (Fsp3) is 0.500. The summed E-state index contributed by atoms with van der Waals surface area (Å²) in [6.45, 7) is 9.45. The van der Waals surface area contributed by atoms with Gasteiger partial charge in [0.2, 0.25) is 10.0 Å². The summed E-state index contributed by atoms with van der Waals surface area (Å²) in [5, 5.41) is 12.1.